The lowest BCUT2D eigenvalue weighted by Crippen LogP contribution is -2.36. The van der Waals surface area contributed by atoms with Crippen LogP contribution in [0.25, 0.3) is 0 Å². The van der Waals surface area contributed by atoms with Crippen molar-refractivity contribution in [2.45, 2.75) is 25.3 Å². The van der Waals surface area contributed by atoms with Gasteiger partial charge in [-0.2, -0.15) is 0 Å². The zero-order valence-corrected chi connectivity index (χ0v) is 10.5. The van der Waals surface area contributed by atoms with Crippen molar-refractivity contribution in [2.24, 2.45) is 11.7 Å². The molecule has 92 valence electrons. The molecule has 3 N–H and O–H groups in total. The van der Waals surface area contributed by atoms with Crippen molar-refractivity contribution < 1.29 is 9.90 Å². The van der Waals surface area contributed by atoms with Crippen molar-refractivity contribution in [3.05, 3.63) is 0 Å². The van der Waals surface area contributed by atoms with E-state index in [0.29, 0.717) is 12.3 Å². The molecule has 4 nitrogen and oxygen atoms in total. The second kappa shape index (κ2) is 8.16. The average Bonchev–Trinajstić information content (AvgIpc) is 2.08. The Labute approximate surface area is 103 Å². The predicted octanol–water partition coefficient (Wildman–Crippen LogP) is 0.974. The van der Waals surface area contributed by atoms with Gasteiger partial charge in [-0.25, -0.2) is 0 Å². The molecule has 0 bridgehead atoms. The van der Waals surface area contributed by atoms with Crippen LogP contribution < -0.4 is 5.73 Å². The predicted molar refractivity (Wildman–Crippen MR) is 64.9 cm³/mol. The molecule has 1 unspecified atom stereocenters. The SMILES string of the molecule is CN1CCC(CC(N)C(=O)O)CC1.Cl.Cl. The Balaban J connectivity index is 0. The van der Waals surface area contributed by atoms with Crippen LogP contribution in [0.2, 0.25) is 0 Å². The molecule has 1 saturated heterocycles. The first-order chi connectivity index (χ1) is 6.09. The van der Waals surface area contributed by atoms with Crippen LogP contribution >= 0.6 is 24.8 Å². The fourth-order valence-corrected chi connectivity index (χ4v) is 1.76. The molecule has 0 radical (unpaired) electrons. The summed E-state index contributed by atoms with van der Waals surface area (Å²) < 4.78 is 0. The van der Waals surface area contributed by atoms with Crippen LogP contribution in [0.15, 0.2) is 0 Å². The minimum absolute atomic E-state index is 0. The molecule has 15 heavy (non-hydrogen) atoms. The lowest BCUT2D eigenvalue weighted by atomic mass is 9.91. The maximum atomic E-state index is 10.5. The number of carboxylic acid groups (broad SMARTS) is 1. The smallest absolute Gasteiger partial charge is 0.320 e. The number of nitrogens with two attached hydrogens (primary N) is 1. The van der Waals surface area contributed by atoms with Crippen molar-refractivity contribution in [1.29, 1.82) is 0 Å². The van der Waals surface area contributed by atoms with E-state index in [0.717, 1.165) is 25.9 Å². The third-order valence-corrected chi connectivity index (χ3v) is 2.74. The number of carboxylic acids is 1. The van der Waals surface area contributed by atoms with Gasteiger partial charge in [-0.1, -0.05) is 0 Å². The quantitative estimate of drug-likeness (QED) is 0.792. The van der Waals surface area contributed by atoms with Gasteiger partial charge in [-0.05, 0) is 45.3 Å². The fraction of sp³-hybridized carbons (Fsp3) is 0.889. The van der Waals surface area contributed by atoms with E-state index in [1.54, 1.807) is 0 Å². The number of aliphatic carboxylic acids is 1. The average molecular weight is 259 g/mol. The number of likely N-dealkylation sites (tertiary alicyclic amines) is 1. The molecule has 0 amide bonds. The minimum atomic E-state index is -0.876. The van der Waals surface area contributed by atoms with Crippen molar-refractivity contribution in [2.75, 3.05) is 20.1 Å². The van der Waals surface area contributed by atoms with E-state index in [1.807, 2.05) is 0 Å². The number of nitrogens with zero attached hydrogens (tertiary/aromatic N) is 1. The van der Waals surface area contributed by atoms with Gasteiger partial charge < -0.3 is 15.7 Å². The van der Waals surface area contributed by atoms with E-state index < -0.39 is 12.0 Å². The number of halogens is 2. The van der Waals surface area contributed by atoms with Gasteiger partial charge in [0.2, 0.25) is 0 Å². The molecule has 6 heteroatoms. The third-order valence-electron chi connectivity index (χ3n) is 2.74. The van der Waals surface area contributed by atoms with E-state index in [4.69, 9.17) is 10.8 Å². The van der Waals surface area contributed by atoms with Gasteiger partial charge in [0.25, 0.3) is 0 Å². The van der Waals surface area contributed by atoms with Crippen molar-refractivity contribution in [3.63, 3.8) is 0 Å². The summed E-state index contributed by atoms with van der Waals surface area (Å²) >= 11 is 0. The summed E-state index contributed by atoms with van der Waals surface area (Å²) in [6, 6.07) is -0.673. The number of piperidine rings is 1. The standard InChI is InChI=1S/C9H18N2O2.2ClH/c1-11-4-2-7(3-5-11)6-8(10)9(12)13;;/h7-8H,2-6,10H2,1H3,(H,12,13);2*1H. The molecule has 0 saturated carbocycles. The highest BCUT2D eigenvalue weighted by molar-refractivity contribution is 5.85. The van der Waals surface area contributed by atoms with Crippen LogP contribution in [0.4, 0.5) is 0 Å². The van der Waals surface area contributed by atoms with Crippen LogP contribution in [0.1, 0.15) is 19.3 Å². The van der Waals surface area contributed by atoms with Crippen LogP contribution in [0.5, 0.6) is 0 Å². The highest BCUT2D eigenvalue weighted by atomic mass is 35.5. The zero-order chi connectivity index (χ0) is 9.84. The largest absolute Gasteiger partial charge is 0.480 e. The Morgan fingerprint density at radius 3 is 2.33 bits per heavy atom. The second-order valence-electron chi connectivity index (χ2n) is 3.93. The maximum Gasteiger partial charge on any atom is 0.320 e. The topological polar surface area (TPSA) is 66.6 Å². The first-order valence-corrected chi connectivity index (χ1v) is 4.76. The van der Waals surface area contributed by atoms with E-state index in [-0.39, 0.29) is 24.8 Å². The molecule has 0 aliphatic carbocycles. The highest BCUT2D eigenvalue weighted by Gasteiger charge is 2.21. The third kappa shape index (κ3) is 6.20. The first-order valence-electron chi connectivity index (χ1n) is 4.76. The second-order valence-corrected chi connectivity index (χ2v) is 3.93. The summed E-state index contributed by atoms with van der Waals surface area (Å²) in [6.07, 6.45) is 2.79. The molecule has 0 aromatic heterocycles. The monoisotopic (exact) mass is 258 g/mol. The molecule has 1 fully saturated rings. The molecular formula is C9H20Cl2N2O2. The normalized spacial score (nSPS) is 19.9. The summed E-state index contributed by atoms with van der Waals surface area (Å²) in [5.74, 6) is -0.374. The Hall–Kier alpha value is -0.0300. The van der Waals surface area contributed by atoms with E-state index >= 15 is 0 Å². The number of hydrogen-bond acceptors (Lipinski definition) is 3. The van der Waals surface area contributed by atoms with Gasteiger partial charge in [0.1, 0.15) is 6.04 Å². The molecule has 1 aliphatic heterocycles. The highest BCUT2D eigenvalue weighted by Crippen LogP contribution is 2.20. The Bertz CT molecular complexity index is 185. The minimum Gasteiger partial charge on any atom is -0.480 e. The number of hydrogen-bond donors (Lipinski definition) is 2. The molecule has 1 heterocycles. The summed E-state index contributed by atoms with van der Waals surface area (Å²) in [5, 5.41) is 8.63. The van der Waals surface area contributed by atoms with Gasteiger partial charge in [0.15, 0.2) is 0 Å². The lowest BCUT2D eigenvalue weighted by molar-refractivity contribution is -0.139. The Morgan fingerprint density at radius 1 is 1.47 bits per heavy atom. The molecular weight excluding hydrogens is 239 g/mol. The number of carbonyl (C=O) groups is 1. The first kappa shape index (κ1) is 17.4. The van der Waals surface area contributed by atoms with Gasteiger partial charge in [0, 0.05) is 0 Å². The van der Waals surface area contributed by atoms with Crippen LogP contribution in [0, 0.1) is 5.92 Å². The van der Waals surface area contributed by atoms with E-state index in [2.05, 4.69) is 11.9 Å². The fourth-order valence-electron chi connectivity index (χ4n) is 1.76. The molecule has 1 rings (SSSR count). The summed E-state index contributed by atoms with van der Waals surface area (Å²) in [7, 11) is 2.09. The zero-order valence-electron chi connectivity index (χ0n) is 8.89. The molecule has 1 aliphatic rings. The van der Waals surface area contributed by atoms with Gasteiger partial charge in [-0.3, -0.25) is 4.79 Å². The Morgan fingerprint density at radius 2 is 1.93 bits per heavy atom. The van der Waals surface area contributed by atoms with Crippen LogP contribution in [-0.2, 0) is 4.79 Å². The maximum absolute atomic E-state index is 10.5. The molecule has 0 spiro atoms. The Kier molecular flexibility index (Phi) is 9.45. The van der Waals surface area contributed by atoms with Crippen LogP contribution in [0.3, 0.4) is 0 Å². The van der Waals surface area contributed by atoms with E-state index in [9.17, 15) is 4.79 Å². The lowest BCUT2D eigenvalue weighted by Gasteiger charge is -2.29. The van der Waals surface area contributed by atoms with Gasteiger partial charge in [-0.15, -0.1) is 24.8 Å². The van der Waals surface area contributed by atoms with Crippen molar-refractivity contribution >= 4 is 30.8 Å². The summed E-state index contributed by atoms with van der Waals surface area (Å²) in [6.45, 7) is 2.13. The molecule has 1 atom stereocenters. The number of rotatable bonds is 3. The van der Waals surface area contributed by atoms with E-state index in [1.165, 1.54) is 0 Å². The molecule has 0 aromatic carbocycles. The van der Waals surface area contributed by atoms with Crippen LogP contribution in [-0.4, -0.2) is 42.2 Å². The van der Waals surface area contributed by atoms with Crippen molar-refractivity contribution in [1.82, 2.24) is 4.90 Å². The molecule has 0 aromatic rings. The van der Waals surface area contributed by atoms with Gasteiger partial charge >= 0.3 is 5.97 Å². The summed E-state index contributed by atoms with van der Waals surface area (Å²) in [4.78, 5) is 12.8. The summed E-state index contributed by atoms with van der Waals surface area (Å²) in [5.41, 5.74) is 5.47. The van der Waals surface area contributed by atoms with Crippen molar-refractivity contribution in [3.8, 4) is 0 Å². The van der Waals surface area contributed by atoms with Gasteiger partial charge in [0.05, 0.1) is 0 Å².